The molecule has 0 heterocycles. The summed E-state index contributed by atoms with van der Waals surface area (Å²) in [5.41, 5.74) is 6.77. The van der Waals surface area contributed by atoms with Crippen LogP contribution in [0.5, 0.6) is 0 Å². The molecular formula is C24H29NS. The van der Waals surface area contributed by atoms with Gasteiger partial charge in [0.05, 0.1) is 0 Å². The smallest absolute Gasteiger partial charge is 0.00780 e. The molecule has 2 rings (SSSR count). The first-order valence-electron chi connectivity index (χ1n) is 9.22. The number of allylic oxidation sites excluding steroid dienone is 4. The molecule has 2 aromatic carbocycles. The maximum atomic E-state index is 3.13. The minimum absolute atomic E-state index is 1.07. The predicted octanol–water partition coefficient (Wildman–Crippen LogP) is 6.38. The third-order valence-corrected chi connectivity index (χ3v) is 4.77. The molecule has 0 aliphatic heterocycles. The van der Waals surface area contributed by atoms with E-state index in [-0.39, 0.29) is 0 Å². The van der Waals surface area contributed by atoms with Gasteiger partial charge in [0.25, 0.3) is 0 Å². The molecule has 0 saturated carbocycles. The fourth-order valence-corrected chi connectivity index (χ4v) is 3.09. The van der Waals surface area contributed by atoms with Crippen LogP contribution in [0, 0.1) is 0 Å². The molecule has 1 nitrogen and oxygen atoms in total. The molecular weight excluding hydrogens is 334 g/mol. The first-order chi connectivity index (χ1) is 12.8. The lowest BCUT2D eigenvalue weighted by Gasteiger charge is -2.09. The molecule has 0 radical (unpaired) electrons. The highest BCUT2D eigenvalue weighted by atomic mass is 32.2. The Labute approximate surface area is 163 Å². The third kappa shape index (κ3) is 6.61. The van der Waals surface area contributed by atoms with E-state index in [2.05, 4.69) is 91.4 Å². The molecule has 0 aromatic heterocycles. The summed E-state index contributed by atoms with van der Waals surface area (Å²) in [6.45, 7) is 4.30. The van der Waals surface area contributed by atoms with Crippen LogP contribution in [0.1, 0.15) is 36.1 Å². The molecule has 2 aromatic rings. The summed E-state index contributed by atoms with van der Waals surface area (Å²) >= 11 is 1.59. The minimum atomic E-state index is 1.07. The monoisotopic (exact) mass is 363 g/mol. The molecule has 0 unspecified atom stereocenters. The summed E-state index contributed by atoms with van der Waals surface area (Å²) in [5, 5.41) is 0. The Morgan fingerprint density at radius 2 is 1.81 bits per heavy atom. The van der Waals surface area contributed by atoms with Gasteiger partial charge in [0.2, 0.25) is 0 Å². The van der Waals surface area contributed by atoms with Gasteiger partial charge in [-0.05, 0) is 60.1 Å². The number of rotatable bonds is 9. The van der Waals surface area contributed by atoms with Crippen molar-refractivity contribution in [1.29, 1.82) is 0 Å². The highest BCUT2D eigenvalue weighted by molar-refractivity contribution is 7.96. The van der Waals surface area contributed by atoms with E-state index in [4.69, 9.17) is 0 Å². The Balaban J connectivity index is 2.06. The maximum absolute atomic E-state index is 3.13. The van der Waals surface area contributed by atoms with Crippen LogP contribution in [0.3, 0.4) is 0 Å². The third-order valence-electron chi connectivity index (χ3n) is 4.40. The van der Waals surface area contributed by atoms with Crippen molar-refractivity contribution in [2.45, 2.75) is 33.1 Å². The van der Waals surface area contributed by atoms with Crippen LogP contribution in [-0.4, -0.2) is 6.26 Å². The van der Waals surface area contributed by atoms with Crippen LogP contribution >= 0.6 is 11.9 Å². The zero-order chi connectivity index (χ0) is 18.6. The van der Waals surface area contributed by atoms with E-state index in [1.807, 2.05) is 12.5 Å². The molecule has 0 aliphatic carbocycles. The molecule has 0 aliphatic rings. The first-order valence-corrected chi connectivity index (χ1v) is 10.4. The van der Waals surface area contributed by atoms with E-state index in [1.165, 1.54) is 27.8 Å². The molecule has 2 heteroatoms. The fraction of sp³-hybridized carbons (Fsp3) is 0.250. The fourth-order valence-electron chi connectivity index (χ4n) is 2.88. The molecule has 0 spiro atoms. The molecule has 136 valence electrons. The maximum Gasteiger partial charge on any atom is 0.00780 e. The van der Waals surface area contributed by atoms with Gasteiger partial charge in [0, 0.05) is 12.5 Å². The Kier molecular flexibility index (Phi) is 8.85. The molecule has 0 amide bonds. The first kappa shape index (κ1) is 20.1. The second-order valence-corrected chi connectivity index (χ2v) is 6.79. The van der Waals surface area contributed by atoms with Crippen molar-refractivity contribution < 1.29 is 0 Å². The van der Waals surface area contributed by atoms with Gasteiger partial charge in [-0.25, -0.2) is 0 Å². The second-order valence-electron chi connectivity index (χ2n) is 6.14. The average molecular weight is 364 g/mol. The van der Waals surface area contributed by atoms with Crippen molar-refractivity contribution in [3.8, 4) is 0 Å². The van der Waals surface area contributed by atoms with Crippen LogP contribution in [0.25, 0.3) is 6.08 Å². The largest absolute Gasteiger partial charge is 0.337 e. The Bertz CT molecular complexity index is 757. The lowest BCUT2D eigenvalue weighted by Crippen LogP contribution is -1.97. The van der Waals surface area contributed by atoms with Gasteiger partial charge >= 0.3 is 0 Å². The van der Waals surface area contributed by atoms with E-state index in [9.17, 15) is 0 Å². The zero-order valence-corrected chi connectivity index (χ0v) is 16.9. The number of aryl methyl sites for hydroxylation is 3. The predicted molar refractivity (Wildman–Crippen MR) is 118 cm³/mol. The Morgan fingerprint density at radius 1 is 1.00 bits per heavy atom. The van der Waals surface area contributed by atoms with Crippen LogP contribution in [-0.2, 0) is 19.3 Å². The van der Waals surface area contributed by atoms with Crippen molar-refractivity contribution in [3.63, 3.8) is 0 Å². The van der Waals surface area contributed by atoms with Gasteiger partial charge in [0.15, 0.2) is 0 Å². The van der Waals surface area contributed by atoms with Crippen LogP contribution in [0.15, 0.2) is 78.5 Å². The second kappa shape index (κ2) is 11.4. The highest BCUT2D eigenvalue weighted by Gasteiger charge is 2.03. The van der Waals surface area contributed by atoms with Crippen molar-refractivity contribution in [3.05, 3.63) is 101 Å². The average Bonchev–Trinajstić information content (AvgIpc) is 2.70. The van der Waals surface area contributed by atoms with E-state index in [1.54, 1.807) is 11.9 Å². The van der Waals surface area contributed by atoms with E-state index in [0.717, 1.165) is 19.3 Å². The molecule has 0 fully saturated rings. The highest BCUT2D eigenvalue weighted by Crippen LogP contribution is 2.17. The summed E-state index contributed by atoms with van der Waals surface area (Å²) in [4.78, 5) is 0. The van der Waals surface area contributed by atoms with E-state index >= 15 is 0 Å². The number of hydrogen-bond donors (Lipinski definition) is 1. The van der Waals surface area contributed by atoms with Gasteiger partial charge in [-0.2, -0.15) is 0 Å². The Hall–Kier alpha value is -2.19. The zero-order valence-electron chi connectivity index (χ0n) is 16.0. The van der Waals surface area contributed by atoms with Crippen molar-refractivity contribution in [2.75, 3.05) is 6.26 Å². The lowest BCUT2D eigenvalue weighted by molar-refractivity contribution is 0.930. The lowest BCUT2D eigenvalue weighted by atomic mass is 9.96. The molecule has 26 heavy (non-hydrogen) atoms. The van der Waals surface area contributed by atoms with Gasteiger partial charge in [-0.3, -0.25) is 0 Å². The SMILES string of the molecule is C/C=C(\C=C/NSC)/C=C/c1ccc(CCc2ccccc2)c(CC)c1. The molecule has 0 bridgehead atoms. The normalized spacial score (nSPS) is 12.2. The number of benzene rings is 2. The summed E-state index contributed by atoms with van der Waals surface area (Å²) < 4.78 is 3.13. The van der Waals surface area contributed by atoms with Gasteiger partial charge in [-0.15, -0.1) is 0 Å². The Morgan fingerprint density at radius 3 is 2.50 bits per heavy atom. The van der Waals surface area contributed by atoms with Crippen LogP contribution < -0.4 is 4.72 Å². The molecule has 0 saturated heterocycles. The summed E-state index contributed by atoms with van der Waals surface area (Å²) in [7, 11) is 0. The van der Waals surface area contributed by atoms with Gasteiger partial charge in [-0.1, -0.05) is 85.6 Å². The van der Waals surface area contributed by atoms with Gasteiger partial charge in [0.1, 0.15) is 0 Å². The quantitative estimate of drug-likeness (QED) is 0.410. The minimum Gasteiger partial charge on any atom is -0.337 e. The van der Waals surface area contributed by atoms with Crippen LogP contribution in [0.4, 0.5) is 0 Å². The summed E-state index contributed by atoms with van der Waals surface area (Å²) in [6, 6.07) is 17.6. The van der Waals surface area contributed by atoms with Gasteiger partial charge < -0.3 is 4.72 Å². The van der Waals surface area contributed by atoms with Crippen molar-refractivity contribution in [2.24, 2.45) is 0 Å². The van der Waals surface area contributed by atoms with E-state index < -0.39 is 0 Å². The number of hydrogen-bond acceptors (Lipinski definition) is 2. The summed E-state index contributed by atoms with van der Waals surface area (Å²) in [5.74, 6) is 0. The van der Waals surface area contributed by atoms with Crippen molar-refractivity contribution >= 4 is 18.0 Å². The topological polar surface area (TPSA) is 12.0 Å². The van der Waals surface area contributed by atoms with Crippen LogP contribution in [0.2, 0.25) is 0 Å². The van der Waals surface area contributed by atoms with E-state index in [0.29, 0.717) is 0 Å². The molecule has 0 atom stereocenters. The molecule has 1 N–H and O–H groups in total. The number of nitrogens with one attached hydrogen (secondary N) is 1. The van der Waals surface area contributed by atoms with Crippen molar-refractivity contribution in [1.82, 2.24) is 4.72 Å². The standard InChI is InChI=1S/C24H29NS/c1-4-20(17-18-25-26-3)11-12-22-14-16-24(23(5-2)19-22)15-13-21-9-7-6-8-10-21/h4,6-12,14,16-19,25H,5,13,15H2,1-3H3/b12-11+,18-17-,20-4-. The summed E-state index contributed by atoms with van der Waals surface area (Å²) in [6.07, 6.45) is 15.8.